The summed E-state index contributed by atoms with van der Waals surface area (Å²) >= 11 is 1.42. The third-order valence-electron chi connectivity index (χ3n) is 1.73. The number of amides is 1. The van der Waals surface area contributed by atoms with Crippen molar-refractivity contribution < 1.29 is 4.79 Å². The summed E-state index contributed by atoms with van der Waals surface area (Å²) in [5.74, 6) is -0.0918. The van der Waals surface area contributed by atoms with Crippen LogP contribution in [0.15, 0.2) is 11.4 Å². The van der Waals surface area contributed by atoms with Gasteiger partial charge in [-0.3, -0.25) is 4.79 Å². The first kappa shape index (κ1) is 10.7. The van der Waals surface area contributed by atoms with Gasteiger partial charge in [-0.25, -0.2) is 0 Å². The fourth-order valence-corrected chi connectivity index (χ4v) is 1.83. The summed E-state index contributed by atoms with van der Waals surface area (Å²) in [6.45, 7) is 3.77. The molecule has 0 radical (unpaired) electrons. The summed E-state index contributed by atoms with van der Waals surface area (Å²) in [7, 11) is 0. The van der Waals surface area contributed by atoms with Crippen LogP contribution in [-0.4, -0.2) is 11.9 Å². The van der Waals surface area contributed by atoms with E-state index in [2.05, 4.69) is 5.32 Å². The molecule has 1 aromatic rings. The predicted octanol–water partition coefficient (Wildman–Crippen LogP) is 2.09. The van der Waals surface area contributed by atoms with Crippen LogP contribution in [0.5, 0.6) is 0 Å². The molecule has 4 heteroatoms. The molecule has 0 aliphatic carbocycles. The van der Waals surface area contributed by atoms with E-state index in [1.807, 2.05) is 31.4 Å². The van der Waals surface area contributed by atoms with Gasteiger partial charge in [0, 0.05) is 6.04 Å². The average molecular weight is 208 g/mol. The fraction of sp³-hybridized carbons (Fsp3) is 0.400. The Kier molecular flexibility index (Phi) is 3.66. The second kappa shape index (κ2) is 4.77. The lowest BCUT2D eigenvalue weighted by atomic mass is 10.2. The second-order valence-electron chi connectivity index (χ2n) is 3.23. The van der Waals surface area contributed by atoms with Crippen molar-refractivity contribution >= 4 is 17.2 Å². The molecular weight excluding hydrogens is 196 g/mol. The first-order valence-electron chi connectivity index (χ1n) is 4.36. The molecule has 1 aromatic heterocycles. The zero-order chi connectivity index (χ0) is 10.6. The van der Waals surface area contributed by atoms with E-state index in [4.69, 9.17) is 5.26 Å². The largest absolute Gasteiger partial charge is 0.348 e. The highest BCUT2D eigenvalue weighted by Crippen LogP contribution is 2.13. The highest BCUT2D eigenvalue weighted by molar-refractivity contribution is 7.12. The number of thiophene rings is 1. The van der Waals surface area contributed by atoms with Crippen LogP contribution in [0.2, 0.25) is 0 Å². The molecule has 14 heavy (non-hydrogen) atoms. The minimum Gasteiger partial charge on any atom is -0.348 e. The lowest BCUT2D eigenvalue weighted by Gasteiger charge is -2.08. The van der Waals surface area contributed by atoms with E-state index >= 15 is 0 Å². The molecule has 0 spiro atoms. The van der Waals surface area contributed by atoms with E-state index in [-0.39, 0.29) is 11.9 Å². The summed E-state index contributed by atoms with van der Waals surface area (Å²) in [5, 5.41) is 13.1. The molecular formula is C10H12N2OS. The minimum absolute atomic E-state index is 0.0880. The molecule has 1 N–H and O–H groups in total. The maximum atomic E-state index is 11.5. The molecule has 0 bridgehead atoms. The van der Waals surface area contributed by atoms with Gasteiger partial charge >= 0.3 is 0 Å². The topological polar surface area (TPSA) is 52.9 Å². The van der Waals surface area contributed by atoms with Crippen LogP contribution in [-0.2, 0) is 0 Å². The maximum absolute atomic E-state index is 11.5. The monoisotopic (exact) mass is 208 g/mol. The molecule has 0 aliphatic rings. The Morgan fingerprint density at radius 1 is 1.79 bits per heavy atom. The predicted molar refractivity (Wildman–Crippen MR) is 56.2 cm³/mol. The third-order valence-corrected chi connectivity index (χ3v) is 2.78. The van der Waals surface area contributed by atoms with Crippen molar-refractivity contribution in [2.45, 2.75) is 26.3 Å². The standard InChI is InChI=1S/C10H12N2OS/c1-7-5-9(14-6-7)10(13)12-8(2)3-4-11/h5-6,8H,3H2,1-2H3,(H,12,13). The van der Waals surface area contributed by atoms with Crippen LogP contribution in [0.3, 0.4) is 0 Å². The lowest BCUT2D eigenvalue weighted by Crippen LogP contribution is -2.31. The molecule has 0 saturated heterocycles. The molecule has 0 aliphatic heterocycles. The van der Waals surface area contributed by atoms with Gasteiger partial charge in [-0.2, -0.15) is 5.26 Å². The van der Waals surface area contributed by atoms with E-state index in [0.717, 1.165) is 5.56 Å². The number of hydrogen-bond acceptors (Lipinski definition) is 3. The molecule has 0 aromatic carbocycles. The number of aryl methyl sites for hydroxylation is 1. The molecule has 1 atom stereocenters. The minimum atomic E-state index is -0.0918. The Hall–Kier alpha value is -1.34. The van der Waals surface area contributed by atoms with Gasteiger partial charge < -0.3 is 5.32 Å². The summed E-state index contributed by atoms with van der Waals surface area (Å²) < 4.78 is 0. The maximum Gasteiger partial charge on any atom is 0.261 e. The normalized spacial score (nSPS) is 11.8. The van der Waals surface area contributed by atoms with E-state index < -0.39 is 0 Å². The highest BCUT2D eigenvalue weighted by Gasteiger charge is 2.10. The molecule has 1 amide bonds. The highest BCUT2D eigenvalue weighted by atomic mass is 32.1. The number of nitrogens with zero attached hydrogens (tertiary/aromatic N) is 1. The third kappa shape index (κ3) is 2.86. The first-order chi connectivity index (χ1) is 6.63. The van der Waals surface area contributed by atoms with Crippen molar-refractivity contribution in [1.82, 2.24) is 5.32 Å². The molecule has 1 heterocycles. The van der Waals surface area contributed by atoms with Crippen molar-refractivity contribution in [3.8, 4) is 6.07 Å². The van der Waals surface area contributed by atoms with Crippen molar-refractivity contribution in [3.63, 3.8) is 0 Å². The lowest BCUT2D eigenvalue weighted by molar-refractivity contribution is 0.0945. The first-order valence-corrected chi connectivity index (χ1v) is 5.24. The zero-order valence-corrected chi connectivity index (χ0v) is 9.02. The van der Waals surface area contributed by atoms with Crippen LogP contribution in [0, 0.1) is 18.3 Å². The van der Waals surface area contributed by atoms with Gasteiger partial charge in [0.05, 0.1) is 17.4 Å². The quantitative estimate of drug-likeness (QED) is 0.826. The van der Waals surface area contributed by atoms with Gasteiger partial charge in [0.25, 0.3) is 5.91 Å². The molecule has 0 fully saturated rings. The van der Waals surface area contributed by atoms with Crippen LogP contribution in [0.1, 0.15) is 28.6 Å². The second-order valence-corrected chi connectivity index (χ2v) is 4.14. The smallest absolute Gasteiger partial charge is 0.261 e. The Morgan fingerprint density at radius 2 is 2.50 bits per heavy atom. The summed E-state index contributed by atoms with van der Waals surface area (Å²) in [4.78, 5) is 12.2. The van der Waals surface area contributed by atoms with Crippen LogP contribution in [0.25, 0.3) is 0 Å². The average Bonchev–Trinajstić information content (AvgIpc) is 2.52. The van der Waals surface area contributed by atoms with Gasteiger partial charge in [-0.1, -0.05) is 0 Å². The van der Waals surface area contributed by atoms with Crippen LogP contribution in [0.4, 0.5) is 0 Å². The number of carbonyl (C=O) groups is 1. The summed E-state index contributed by atoms with van der Waals surface area (Å²) in [6, 6.07) is 3.78. The van der Waals surface area contributed by atoms with E-state index in [1.165, 1.54) is 11.3 Å². The van der Waals surface area contributed by atoms with E-state index in [1.54, 1.807) is 0 Å². The van der Waals surface area contributed by atoms with Crippen molar-refractivity contribution in [2.24, 2.45) is 0 Å². The molecule has 3 nitrogen and oxygen atoms in total. The Bertz CT molecular complexity index is 364. The summed E-state index contributed by atoms with van der Waals surface area (Å²) in [6.07, 6.45) is 0.343. The molecule has 0 saturated carbocycles. The Balaban J connectivity index is 2.55. The number of rotatable bonds is 3. The number of nitrogens with one attached hydrogen (secondary N) is 1. The van der Waals surface area contributed by atoms with Gasteiger partial charge in [0.1, 0.15) is 0 Å². The van der Waals surface area contributed by atoms with Gasteiger partial charge in [0.15, 0.2) is 0 Å². The van der Waals surface area contributed by atoms with Crippen molar-refractivity contribution in [1.29, 1.82) is 5.26 Å². The van der Waals surface area contributed by atoms with Gasteiger partial charge in [-0.05, 0) is 30.9 Å². The number of nitriles is 1. The molecule has 74 valence electrons. The van der Waals surface area contributed by atoms with Gasteiger partial charge in [-0.15, -0.1) is 11.3 Å². The van der Waals surface area contributed by atoms with Crippen molar-refractivity contribution in [2.75, 3.05) is 0 Å². The molecule has 1 rings (SSSR count). The number of carbonyl (C=O) groups excluding carboxylic acids is 1. The van der Waals surface area contributed by atoms with E-state index in [9.17, 15) is 4.79 Å². The van der Waals surface area contributed by atoms with E-state index in [0.29, 0.717) is 11.3 Å². The van der Waals surface area contributed by atoms with Crippen LogP contribution < -0.4 is 5.32 Å². The fourth-order valence-electron chi connectivity index (χ4n) is 1.03. The Labute approximate surface area is 87.4 Å². The number of hydrogen-bond donors (Lipinski definition) is 1. The van der Waals surface area contributed by atoms with Crippen LogP contribution >= 0.6 is 11.3 Å². The summed E-state index contributed by atoms with van der Waals surface area (Å²) in [5.41, 5.74) is 1.09. The van der Waals surface area contributed by atoms with Gasteiger partial charge in [0.2, 0.25) is 0 Å². The zero-order valence-electron chi connectivity index (χ0n) is 8.20. The Morgan fingerprint density at radius 3 is 3.00 bits per heavy atom. The molecule has 1 unspecified atom stereocenters. The SMILES string of the molecule is Cc1csc(C(=O)NC(C)CC#N)c1. The van der Waals surface area contributed by atoms with Crippen molar-refractivity contribution in [3.05, 3.63) is 21.9 Å².